The van der Waals surface area contributed by atoms with E-state index in [0.29, 0.717) is 0 Å². The minimum absolute atomic E-state index is 0.803. The van der Waals surface area contributed by atoms with Crippen LogP contribution < -0.4 is 0 Å². The van der Waals surface area contributed by atoms with Crippen molar-refractivity contribution in [2.24, 2.45) is 0 Å². The molecule has 0 radical (unpaired) electrons. The van der Waals surface area contributed by atoms with Gasteiger partial charge in [-0.1, -0.05) is 0 Å². The van der Waals surface area contributed by atoms with E-state index in [1.54, 1.807) is 5.31 Å². The average Bonchev–Trinajstić information content (AvgIpc) is 1.85. The molecule has 11 heavy (non-hydrogen) atoms. The third-order valence-corrected chi connectivity index (χ3v) is 9.88. The normalized spacial score (nSPS) is 18.2. The summed E-state index contributed by atoms with van der Waals surface area (Å²) >= 11 is 0. The van der Waals surface area contributed by atoms with Crippen LogP contribution in [0.15, 0.2) is 11.4 Å². The van der Waals surface area contributed by atoms with E-state index in [1.807, 2.05) is 0 Å². The molecule has 0 aromatic carbocycles. The van der Waals surface area contributed by atoms with Crippen LogP contribution >= 0.6 is 6.60 Å². The summed E-state index contributed by atoms with van der Waals surface area (Å²) in [5.74, 6) is 0. The second-order valence-electron chi connectivity index (χ2n) is 4.94. The first-order valence-electron chi connectivity index (χ1n) is 4.34. The minimum atomic E-state index is -1.49. The average molecular weight is 174 g/mol. The van der Waals surface area contributed by atoms with Gasteiger partial charge in [0.1, 0.15) is 0 Å². The third-order valence-electron chi connectivity index (χ3n) is 3.49. The van der Waals surface area contributed by atoms with Gasteiger partial charge in [0.15, 0.2) is 0 Å². The molecule has 0 heterocycles. The van der Waals surface area contributed by atoms with E-state index < -0.39 is 6.60 Å². The fraction of sp³-hybridized carbons (Fsp3) is 0.800. The van der Waals surface area contributed by atoms with E-state index in [-0.39, 0.29) is 0 Å². The van der Waals surface area contributed by atoms with Gasteiger partial charge >= 0.3 is 71.3 Å². The van der Waals surface area contributed by atoms with Crippen molar-refractivity contribution in [2.75, 3.05) is 20.0 Å². The van der Waals surface area contributed by atoms with Gasteiger partial charge in [-0.25, -0.2) is 0 Å². The Morgan fingerprint density at radius 3 is 1.64 bits per heavy atom. The molecule has 0 bridgehead atoms. The van der Waals surface area contributed by atoms with Crippen LogP contribution in [-0.2, 0) is 0 Å². The van der Waals surface area contributed by atoms with Crippen molar-refractivity contribution in [1.82, 2.24) is 0 Å². The quantitative estimate of drug-likeness (QED) is 0.559. The van der Waals surface area contributed by atoms with Crippen molar-refractivity contribution in [2.45, 2.75) is 33.4 Å². The van der Waals surface area contributed by atoms with Crippen LogP contribution in [0.3, 0.4) is 0 Å². The Labute approximate surface area is 72.0 Å². The van der Waals surface area contributed by atoms with Crippen LogP contribution in [0.25, 0.3) is 0 Å². The maximum absolute atomic E-state index is 2.45. The zero-order valence-electron chi connectivity index (χ0n) is 9.10. The molecule has 0 saturated heterocycles. The Kier molecular flexibility index (Phi) is 2.95. The molecule has 0 spiro atoms. The summed E-state index contributed by atoms with van der Waals surface area (Å²) < 4.78 is 0. The predicted molar refractivity (Wildman–Crippen MR) is 59.3 cm³/mol. The Balaban J connectivity index is 4.95. The van der Waals surface area contributed by atoms with Crippen molar-refractivity contribution in [3.63, 3.8) is 0 Å². The molecular weight excluding hydrogens is 151 g/mol. The second-order valence-corrected chi connectivity index (χ2v) is 12.5. The van der Waals surface area contributed by atoms with E-state index in [9.17, 15) is 0 Å². The Hall–Kier alpha value is 0.170. The molecule has 0 nitrogen and oxygen atoms in total. The number of allylic oxidation sites excluding steroid dienone is 2. The van der Waals surface area contributed by atoms with Crippen molar-refractivity contribution in [1.29, 1.82) is 0 Å². The Bertz CT molecular complexity index is 167. The fourth-order valence-electron chi connectivity index (χ4n) is 0.869. The van der Waals surface area contributed by atoms with Crippen LogP contribution in [-0.4, -0.2) is 25.7 Å². The third kappa shape index (κ3) is 2.06. The summed E-state index contributed by atoms with van der Waals surface area (Å²) in [5, 5.41) is 1.60. The zero-order chi connectivity index (χ0) is 9.31. The molecule has 0 amide bonds. The first-order chi connectivity index (χ1) is 4.71. The molecular formula is C10H23P. The van der Waals surface area contributed by atoms with Gasteiger partial charge in [-0.15, -0.1) is 0 Å². The van der Waals surface area contributed by atoms with Crippen LogP contribution in [0.5, 0.6) is 0 Å². The molecule has 0 aliphatic carbocycles. The van der Waals surface area contributed by atoms with Gasteiger partial charge in [0.2, 0.25) is 0 Å². The summed E-state index contributed by atoms with van der Waals surface area (Å²) in [4.78, 5) is 0. The molecule has 0 saturated carbocycles. The van der Waals surface area contributed by atoms with Gasteiger partial charge in [0, 0.05) is 0 Å². The van der Waals surface area contributed by atoms with Crippen LogP contribution in [0.2, 0.25) is 0 Å². The Morgan fingerprint density at radius 1 is 1.18 bits per heavy atom. The van der Waals surface area contributed by atoms with Crippen molar-refractivity contribution in [3.8, 4) is 0 Å². The van der Waals surface area contributed by atoms with Gasteiger partial charge in [-0.05, 0) is 0 Å². The number of hydrogen-bond donors (Lipinski definition) is 0. The second kappa shape index (κ2) is 2.90. The molecule has 1 heteroatoms. The Morgan fingerprint density at radius 2 is 1.55 bits per heavy atom. The SMILES string of the molecule is C/C=C(\C)P(C)(C)(C)C(C)C. The molecule has 0 aromatic rings. The van der Waals surface area contributed by atoms with Crippen LogP contribution in [0, 0.1) is 0 Å². The molecule has 0 aliphatic rings. The summed E-state index contributed by atoms with van der Waals surface area (Å²) in [6.07, 6.45) is 2.28. The molecule has 0 atom stereocenters. The number of rotatable bonds is 2. The van der Waals surface area contributed by atoms with E-state index in [0.717, 1.165) is 5.66 Å². The van der Waals surface area contributed by atoms with Crippen LogP contribution in [0.1, 0.15) is 27.7 Å². The zero-order valence-corrected chi connectivity index (χ0v) is 10.00. The van der Waals surface area contributed by atoms with Crippen molar-refractivity contribution in [3.05, 3.63) is 11.4 Å². The van der Waals surface area contributed by atoms with E-state index >= 15 is 0 Å². The van der Waals surface area contributed by atoms with Gasteiger partial charge in [0.25, 0.3) is 0 Å². The summed E-state index contributed by atoms with van der Waals surface area (Å²) in [5.41, 5.74) is 0.803. The van der Waals surface area contributed by atoms with Crippen LogP contribution in [0.4, 0.5) is 0 Å². The molecule has 68 valence electrons. The molecule has 0 rings (SSSR count). The monoisotopic (exact) mass is 174 g/mol. The number of hydrogen-bond acceptors (Lipinski definition) is 0. The van der Waals surface area contributed by atoms with Crippen molar-refractivity contribution < 1.29 is 0 Å². The van der Waals surface area contributed by atoms with Crippen molar-refractivity contribution >= 4 is 6.60 Å². The summed E-state index contributed by atoms with van der Waals surface area (Å²) in [7, 11) is 0. The van der Waals surface area contributed by atoms with Gasteiger partial charge in [-0.2, -0.15) is 0 Å². The van der Waals surface area contributed by atoms with E-state index in [1.165, 1.54) is 0 Å². The predicted octanol–water partition coefficient (Wildman–Crippen LogP) is 3.76. The standard InChI is InChI=1S/C10H23P/c1-8-10(4)11(5,6,7)9(2)3/h8-9H,1-7H3/b10-8+. The van der Waals surface area contributed by atoms with Gasteiger partial charge in [-0.3, -0.25) is 0 Å². The molecule has 0 aliphatic heterocycles. The molecule has 0 fully saturated rings. The van der Waals surface area contributed by atoms with E-state index in [2.05, 4.69) is 53.8 Å². The maximum atomic E-state index is 2.45. The topological polar surface area (TPSA) is 0 Å². The summed E-state index contributed by atoms with van der Waals surface area (Å²) in [6.45, 7) is 15.0. The van der Waals surface area contributed by atoms with E-state index in [4.69, 9.17) is 0 Å². The van der Waals surface area contributed by atoms with Gasteiger partial charge < -0.3 is 0 Å². The molecule has 0 N–H and O–H groups in total. The molecule has 0 aromatic heterocycles. The molecule has 0 unspecified atom stereocenters. The summed E-state index contributed by atoms with van der Waals surface area (Å²) in [6, 6.07) is 0. The van der Waals surface area contributed by atoms with Gasteiger partial charge in [0.05, 0.1) is 0 Å². The fourth-order valence-corrected chi connectivity index (χ4v) is 2.61. The first kappa shape index (κ1) is 11.2. The first-order valence-corrected chi connectivity index (χ1v) is 7.99.